The first-order valence-corrected chi connectivity index (χ1v) is 7.88. The van der Waals surface area contributed by atoms with Crippen LogP contribution in [0, 0.1) is 11.8 Å². The third-order valence-electron chi connectivity index (χ3n) is 4.83. The van der Waals surface area contributed by atoms with E-state index < -0.39 is 0 Å². The lowest BCUT2D eigenvalue weighted by Crippen LogP contribution is -2.29. The molecule has 0 heterocycles. The molecule has 3 atom stereocenters. The van der Waals surface area contributed by atoms with E-state index in [4.69, 9.17) is 4.74 Å². The van der Waals surface area contributed by atoms with Crippen LogP contribution in [-0.2, 0) is 16.0 Å². The lowest BCUT2D eigenvalue weighted by molar-refractivity contribution is -0.147. The van der Waals surface area contributed by atoms with Crippen LogP contribution in [0.3, 0.4) is 0 Å². The first-order chi connectivity index (χ1) is 10.1. The maximum Gasteiger partial charge on any atom is 0.308 e. The highest BCUT2D eigenvalue weighted by atomic mass is 16.5. The zero-order valence-electron chi connectivity index (χ0n) is 13.4. The second-order valence-electron chi connectivity index (χ2n) is 6.19. The fraction of sp³-hybridized carbons (Fsp3) is 0.526. The molecular formula is C19H26O2. The molecule has 1 aliphatic carbocycles. The van der Waals surface area contributed by atoms with E-state index >= 15 is 0 Å². The van der Waals surface area contributed by atoms with Gasteiger partial charge >= 0.3 is 5.97 Å². The van der Waals surface area contributed by atoms with E-state index in [9.17, 15) is 4.79 Å². The van der Waals surface area contributed by atoms with Crippen LogP contribution >= 0.6 is 0 Å². The number of carbonyl (C=O) groups excluding carboxylic acids is 1. The number of hydrogen-bond donors (Lipinski definition) is 0. The van der Waals surface area contributed by atoms with Crippen LogP contribution in [0.15, 0.2) is 36.4 Å². The third kappa shape index (κ3) is 3.55. The molecule has 0 spiro atoms. The second kappa shape index (κ2) is 6.93. The lowest BCUT2D eigenvalue weighted by atomic mass is 9.69. The number of methoxy groups -OCH3 is 1. The number of hydrogen-bond acceptors (Lipinski definition) is 2. The van der Waals surface area contributed by atoms with Crippen molar-refractivity contribution in [2.24, 2.45) is 11.8 Å². The molecule has 0 radical (unpaired) electrons. The molecule has 114 valence electrons. The number of rotatable bonds is 4. The molecule has 0 unspecified atom stereocenters. The average molecular weight is 286 g/mol. The number of ether oxygens (including phenoxy) is 1. The van der Waals surface area contributed by atoms with E-state index in [0.717, 1.165) is 25.7 Å². The number of benzene rings is 1. The Bertz CT molecular complexity index is 501. The fourth-order valence-corrected chi connectivity index (χ4v) is 3.51. The maximum absolute atomic E-state index is 11.9. The van der Waals surface area contributed by atoms with E-state index in [1.807, 2.05) is 0 Å². The molecule has 1 fully saturated rings. The van der Waals surface area contributed by atoms with Crippen LogP contribution in [0.25, 0.3) is 0 Å². The summed E-state index contributed by atoms with van der Waals surface area (Å²) in [6.07, 6.45) is 3.86. The minimum absolute atomic E-state index is 0.0291. The Hall–Kier alpha value is -1.57. The molecule has 0 aliphatic heterocycles. The van der Waals surface area contributed by atoms with Gasteiger partial charge in [-0.2, -0.15) is 0 Å². The summed E-state index contributed by atoms with van der Waals surface area (Å²) in [7, 11) is 1.48. The fourth-order valence-electron chi connectivity index (χ4n) is 3.51. The zero-order valence-corrected chi connectivity index (χ0v) is 13.4. The summed E-state index contributed by atoms with van der Waals surface area (Å²) in [5.74, 6) is 0.816. The molecule has 2 heteroatoms. The smallest absolute Gasteiger partial charge is 0.308 e. The Labute approximate surface area is 128 Å². The van der Waals surface area contributed by atoms with Crippen LogP contribution in [-0.4, -0.2) is 13.1 Å². The Morgan fingerprint density at radius 3 is 2.48 bits per heavy atom. The standard InChI is InChI=1S/C19H26O2/c1-5-14-6-8-15(9-7-14)18-12-16(19(20)21-4)10-11-17(18)13(2)3/h6-9,16-18H,2,5,10-12H2,1,3-4H3/t16-,17+,18+/m1/s1. The summed E-state index contributed by atoms with van der Waals surface area (Å²) in [6.45, 7) is 8.44. The van der Waals surface area contributed by atoms with Gasteiger partial charge in [-0.05, 0) is 55.6 Å². The van der Waals surface area contributed by atoms with Crippen molar-refractivity contribution in [1.29, 1.82) is 0 Å². The Balaban J connectivity index is 2.24. The van der Waals surface area contributed by atoms with Crippen LogP contribution < -0.4 is 0 Å². The molecule has 0 N–H and O–H groups in total. The summed E-state index contributed by atoms with van der Waals surface area (Å²) in [6, 6.07) is 8.84. The molecule has 0 bridgehead atoms. The Morgan fingerprint density at radius 2 is 1.95 bits per heavy atom. The highest BCUT2D eigenvalue weighted by molar-refractivity contribution is 5.72. The van der Waals surface area contributed by atoms with E-state index in [-0.39, 0.29) is 11.9 Å². The normalized spacial score (nSPS) is 25.4. The van der Waals surface area contributed by atoms with Crippen LogP contribution in [0.5, 0.6) is 0 Å². The minimum atomic E-state index is -0.0645. The molecule has 1 aliphatic rings. The molecule has 0 aromatic heterocycles. The number of allylic oxidation sites excluding steroid dienone is 1. The summed E-state index contributed by atoms with van der Waals surface area (Å²) in [4.78, 5) is 11.9. The van der Waals surface area contributed by atoms with Gasteiger partial charge in [-0.25, -0.2) is 0 Å². The van der Waals surface area contributed by atoms with E-state index in [1.165, 1.54) is 23.8 Å². The van der Waals surface area contributed by atoms with Crippen molar-refractivity contribution < 1.29 is 9.53 Å². The maximum atomic E-state index is 11.9. The first kappa shape index (κ1) is 15.8. The zero-order chi connectivity index (χ0) is 15.4. The van der Waals surface area contributed by atoms with Crippen molar-refractivity contribution in [2.75, 3.05) is 7.11 Å². The highest BCUT2D eigenvalue weighted by Gasteiger charge is 2.35. The van der Waals surface area contributed by atoms with Gasteiger partial charge in [-0.3, -0.25) is 4.79 Å². The van der Waals surface area contributed by atoms with Gasteiger partial charge < -0.3 is 4.74 Å². The highest BCUT2D eigenvalue weighted by Crippen LogP contribution is 2.43. The predicted molar refractivity (Wildman–Crippen MR) is 86.2 cm³/mol. The van der Waals surface area contributed by atoms with Crippen molar-refractivity contribution in [2.45, 2.75) is 45.4 Å². The summed E-state index contributed by atoms with van der Waals surface area (Å²) >= 11 is 0. The largest absolute Gasteiger partial charge is 0.469 e. The lowest BCUT2D eigenvalue weighted by Gasteiger charge is -2.36. The summed E-state index contributed by atoms with van der Waals surface area (Å²) in [5.41, 5.74) is 3.91. The molecule has 2 nitrogen and oxygen atoms in total. The van der Waals surface area contributed by atoms with Gasteiger partial charge in [0.05, 0.1) is 13.0 Å². The minimum Gasteiger partial charge on any atom is -0.469 e. The molecule has 1 saturated carbocycles. The van der Waals surface area contributed by atoms with Gasteiger partial charge in [-0.15, -0.1) is 0 Å². The van der Waals surface area contributed by atoms with Crippen molar-refractivity contribution in [3.05, 3.63) is 47.5 Å². The van der Waals surface area contributed by atoms with Gasteiger partial charge in [0.2, 0.25) is 0 Å². The topological polar surface area (TPSA) is 26.3 Å². The molecule has 21 heavy (non-hydrogen) atoms. The van der Waals surface area contributed by atoms with Gasteiger partial charge in [0.15, 0.2) is 0 Å². The molecular weight excluding hydrogens is 260 g/mol. The quantitative estimate of drug-likeness (QED) is 0.602. The first-order valence-electron chi connectivity index (χ1n) is 7.88. The van der Waals surface area contributed by atoms with Crippen molar-refractivity contribution >= 4 is 5.97 Å². The van der Waals surface area contributed by atoms with Gasteiger partial charge in [0.25, 0.3) is 0 Å². The predicted octanol–water partition coefficient (Wildman–Crippen LogP) is 4.50. The van der Waals surface area contributed by atoms with Gasteiger partial charge in [0, 0.05) is 0 Å². The summed E-state index contributed by atoms with van der Waals surface area (Å²) in [5, 5.41) is 0. The summed E-state index contributed by atoms with van der Waals surface area (Å²) < 4.78 is 4.94. The SMILES string of the molecule is C=C(C)[C@@H]1CC[C@@H](C(=O)OC)C[C@H]1c1ccc(CC)cc1. The third-order valence-corrected chi connectivity index (χ3v) is 4.83. The monoisotopic (exact) mass is 286 g/mol. The van der Waals surface area contributed by atoms with Crippen LogP contribution in [0.1, 0.15) is 50.2 Å². The average Bonchev–Trinajstić information content (AvgIpc) is 2.53. The van der Waals surface area contributed by atoms with Crippen LogP contribution in [0.2, 0.25) is 0 Å². The van der Waals surface area contributed by atoms with Crippen molar-refractivity contribution in [3.63, 3.8) is 0 Å². The second-order valence-corrected chi connectivity index (χ2v) is 6.19. The van der Waals surface area contributed by atoms with Crippen molar-refractivity contribution in [1.82, 2.24) is 0 Å². The Morgan fingerprint density at radius 1 is 1.29 bits per heavy atom. The number of aryl methyl sites for hydroxylation is 1. The Kier molecular flexibility index (Phi) is 5.22. The molecule has 1 aromatic rings. The van der Waals surface area contributed by atoms with E-state index in [2.05, 4.69) is 44.7 Å². The molecule has 0 saturated heterocycles. The number of carbonyl (C=O) groups is 1. The van der Waals surface area contributed by atoms with E-state index in [0.29, 0.717) is 11.8 Å². The van der Waals surface area contributed by atoms with Gasteiger partial charge in [-0.1, -0.05) is 43.3 Å². The van der Waals surface area contributed by atoms with Gasteiger partial charge in [0.1, 0.15) is 0 Å². The van der Waals surface area contributed by atoms with Crippen LogP contribution in [0.4, 0.5) is 0 Å². The molecule has 0 amide bonds. The molecule has 1 aromatic carbocycles. The molecule has 2 rings (SSSR count). The number of esters is 1. The van der Waals surface area contributed by atoms with E-state index in [1.54, 1.807) is 0 Å². The van der Waals surface area contributed by atoms with Crippen molar-refractivity contribution in [3.8, 4) is 0 Å².